The standard InChI is InChI=1S/C14H25NO3/c1-2-12-7-8-13(16)15(11-9-12)10-5-3-4-6-14(17)18/h12H,2-11H2,1H3,(H,17,18). The van der Waals surface area contributed by atoms with Crippen LogP contribution >= 0.6 is 0 Å². The van der Waals surface area contributed by atoms with Crippen molar-refractivity contribution in [2.75, 3.05) is 13.1 Å². The van der Waals surface area contributed by atoms with E-state index >= 15 is 0 Å². The molecule has 0 bridgehead atoms. The van der Waals surface area contributed by atoms with Crippen LogP contribution in [-0.2, 0) is 9.59 Å². The van der Waals surface area contributed by atoms with E-state index in [0.717, 1.165) is 45.2 Å². The number of carboxylic acid groups (broad SMARTS) is 1. The molecule has 1 aliphatic rings. The van der Waals surface area contributed by atoms with Crippen molar-refractivity contribution < 1.29 is 14.7 Å². The van der Waals surface area contributed by atoms with Crippen molar-refractivity contribution in [1.29, 1.82) is 0 Å². The van der Waals surface area contributed by atoms with Crippen LogP contribution in [0.5, 0.6) is 0 Å². The van der Waals surface area contributed by atoms with Crippen molar-refractivity contribution in [3.63, 3.8) is 0 Å². The predicted octanol–water partition coefficient (Wildman–Crippen LogP) is 2.67. The van der Waals surface area contributed by atoms with Gasteiger partial charge >= 0.3 is 5.97 Å². The minimum absolute atomic E-state index is 0.242. The number of hydrogen-bond donors (Lipinski definition) is 1. The third-order valence-electron chi connectivity index (χ3n) is 3.82. The van der Waals surface area contributed by atoms with Crippen LogP contribution in [0.4, 0.5) is 0 Å². The van der Waals surface area contributed by atoms with E-state index in [2.05, 4.69) is 6.92 Å². The highest BCUT2D eigenvalue weighted by Crippen LogP contribution is 2.21. The third-order valence-corrected chi connectivity index (χ3v) is 3.82. The molecule has 1 atom stereocenters. The SMILES string of the molecule is CCC1CCC(=O)N(CCCCCC(=O)O)CC1. The zero-order chi connectivity index (χ0) is 13.4. The van der Waals surface area contributed by atoms with Gasteiger partial charge in [0.05, 0.1) is 0 Å². The Morgan fingerprint density at radius 3 is 2.78 bits per heavy atom. The Morgan fingerprint density at radius 1 is 1.33 bits per heavy atom. The van der Waals surface area contributed by atoms with Gasteiger partial charge in [0.2, 0.25) is 5.91 Å². The number of likely N-dealkylation sites (tertiary alicyclic amines) is 1. The maximum Gasteiger partial charge on any atom is 0.303 e. The highest BCUT2D eigenvalue weighted by Gasteiger charge is 2.20. The number of carboxylic acids is 1. The second-order valence-corrected chi connectivity index (χ2v) is 5.19. The van der Waals surface area contributed by atoms with Gasteiger partial charge in [-0.1, -0.05) is 19.8 Å². The summed E-state index contributed by atoms with van der Waals surface area (Å²) in [5.74, 6) is 0.252. The molecule has 1 amide bonds. The first kappa shape index (κ1) is 15.0. The molecule has 4 heteroatoms. The molecule has 1 saturated heterocycles. The maximum absolute atomic E-state index is 11.9. The highest BCUT2D eigenvalue weighted by molar-refractivity contribution is 5.76. The van der Waals surface area contributed by atoms with Gasteiger partial charge in [-0.25, -0.2) is 0 Å². The van der Waals surface area contributed by atoms with Crippen molar-refractivity contribution in [3.8, 4) is 0 Å². The van der Waals surface area contributed by atoms with Crippen LogP contribution in [-0.4, -0.2) is 35.0 Å². The summed E-state index contributed by atoms with van der Waals surface area (Å²) >= 11 is 0. The van der Waals surface area contributed by atoms with Crippen LogP contribution in [0.25, 0.3) is 0 Å². The van der Waals surface area contributed by atoms with E-state index in [1.54, 1.807) is 0 Å². The molecule has 1 aliphatic heterocycles. The molecule has 18 heavy (non-hydrogen) atoms. The summed E-state index contributed by atoms with van der Waals surface area (Å²) in [6.07, 6.45) is 6.79. The summed E-state index contributed by atoms with van der Waals surface area (Å²) in [6.45, 7) is 3.88. The Labute approximate surface area is 109 Å². The number of aliphatic carboxylic acids is 1. The van der Waals surface area contributed by atoms with E-state index in [4.69, 9.17) is 5.11 Å². The Kier molecular flexibility index (Phi) is 6.76. The van der Waals surface area contributed by atoms with Crippen LogP contribution < -0.4 is 0 Å². The summed E-state index contributed by atoms with van der Waals surface area (Å²) < 4.78 is 0. The quantitative estimate of drug-likeness (QED) is 0.711. The Balaban J connectivity index is 2.20. The maximum atomic E-state index is 11.9. The van der Waals surface area contributed by atoms with E-state index in [0.29, 0.717) is 12.3 Å². The van der Waals surface area contributed by atoms with Crippen LogP contribution in [0, 0.1) is 5.92 Å². The second kappa shape index (κ2) is 8.11. The van der Waals surface area contributed by atoms with Crippen molar-refractivity contribution in [3.05, 3.63) is 0 Å². The molecule has 104 valence electrons. The fourth-order valence-corrected chi connectivity index (χ4v) is 2.49. The molecule has 0 aliphatic carbocycles. The molecule has 0 aromatic heterocycles. The van der Waals surface area contributed by atoms with E-state index in [-0.39, 0.29) is 12.3 Å². The van der Waals surface area contributed by atoms with Crippen LogP contribution in [0.15, 0.2) is 0 Å². The van der Waals surface area contributed by atoms with Crippen molar-refractivity contribution >= 4 is 11.9 Å². The summed E-state index contributed by atoms with van der Waals surface area (Å²) in [7, 11) is 0. The first-order valence-electron chi connectivity index (χ1n) is 7.13. The normalized spacial score (nSPS) is 20.8. The molecular weight excluding hydrogens is 230 g/mol. The fourth-order valence-electron chi connectivity index (χ4n) is 2.49. The number of unbranched alkanes of at least 4 members (excludes halogenated alkanes) is 2. The van der Waals surface area contributed by atoms with Gasteiger partial charge < -0.3 is 10.0 Å². The lowest BCUT2D eigenvalue weighted by Gasteiger charge is -2.20. The number of hydrogen-bond acceptors (Lipinski definition) is 2. The van der Waals surface area contributed by atoms with Gasteiger partial charge in [-0.3, -0.25) is 9.59 Å². The molecule has 1 unspecified atom stereocenters. The molecule has 0 radical (unpaired) electrons. The van der Waals surface area contributed by atoms with Crippen LogP contribution in [0.1, 0.15) is 58.3 Å². The smallest absolute Gasteiger partial charge is 0.303 e. The number of nitrogens with zero attached hydrogens (tertiary/aromatic N) is 1. The summed E-state index contributed by atoms with van der Waals surface area (Å²) in [6, 6.07) is 0. The number of amides is 1. The lowest BCUT2D eigenvalue weighted by atomic mass is 9.98. The zero-order valence-electron chi connectivity index (χ0n) is 11.4. The van der Waals surface area contributed by atoms with Gasteiger partial charge in [-0.2, -0.15) is 0 Å². The monoisotopic (exact) mass is 255 g/mol. The minimum Gasteiger partial charge on any atom is -0.481 e. The van der Waals surface area contributed by atoms with Crippen LogP contribution in [0.3, 0.4) is 0 Å². The second-order valence-electron chi connectivity index (χ2n) is 5.19. The third kappa shape index (κ3) is 5.52. The predicted molar refractivity (Wildman–Crippen MR) is 70.3 cm³/mol. The molecule has 1 rings (SSSR count). The van der Waals surface area contributed by atoms with Gasteiger partial charge in [0.25, 0.3) is 0 Å². The average molecular weight is 255 g/mol. The topological polar surface area (TPSA) is 57.6 Å². The Bertz CT molecular complexity index is 278. The van der Waals surface area contributed by atoms with E-state index < -0.39 is 5.97 Å². The van der Waals surface area contributed by atoms with Gasteiger partial charge in [0.1, 0.15) is 0 Å². The molecule has 1 N–H and O–H groups in total. The van der Waals surface area contributed by atoms with Gasteiger partial charge in [-0.15, -0.1) is 0 Å². The molecule has 4 nitrogen and oxygen atoms in total. The summed E-state index contributed by atoms with van der Waals surface area (Å²) in [4.78, 5) is 24.2. The molecule has 0 spiro atoms. The number of carbonyl (C=O) groups excluding carboxylic acids is 1. The van der Waals surface area contributed by atoms with E-state index in [9.17, 15) is 9.59 Å². The largest absolute Gasteiger partial charge is 0.481 e. The van der Waals surface area contributed by atoms with Gasteiger partial charge in [0, 0.05) is 25.9 Å². The summed E-state index contributed by atoms with van der Waals surface area (Å²) in [5.41, 5.74) is 0. The van der Waals surface area contributed by atoms with E-state index in [1.807, 2.05) is 4.90 Å². The molecule has 1 heterocycles. The molecule has 1 fully saturated rings. The van der Waals surface area contributed by atoms with Gasteiger partial charge in [0.15, 0.2) is 0 Å². The van der Waals surface area contributed by atoms with Crippen LogP contribution in [0.2, 0.25) is 0 Å². The Hall–Kier alpha value is -1.06. The molecular formula is C14H25NO3. The molecule has 0 aromatic rings. The minimum atomic E-state index is -0.730. The van der Waals surface area contributed by atoms with Gasteiger partial charge in [-0.05, 0) is 31.6 Å². The van der Waals surface area contributed by atoms with Crippen molar-refractivity contribution in [1.82, 2.24) is 4.90 Å². The highest BCUT2D eigenvalue weighted by atomic mass is 16.4. The van der Waals surface area contributed by atoms with E-state index in [1.165, 1.54) is 6.42 Å². The zero-order valence-corrected chi connectivity index (χ0v) is 11.4. The first-order chi connectivity index (χ1) is 8.63. The van der Waals surface area contributed by atoms with Crippen molar-refractivity contribution in [2.24, 2.45) is 5.92 Å². The fraction of sp³-hybridized carbons (Fsp3) is 0.857. The first-order valence-corrected chi connectivity index (χ1v) is 7.13. The number of rotatable bonds is 7. The van der Waals surface area contributed by atoms with Crippen molar-refractivity contribution in [2.45, 2.75) is 58.3 Å². The average Bonchev–Trinajstić information content (AvgIpc) is 2.51. The lowest BCUT2D eigenvalue weighted by Crippen LogP contribution is -2.31. The molecule has 0 saturated carbocycles. The Morgan fingerprint density at radius 2 is 2.11 bits per heavy atom. The lowest BCUT2D eigenvalue weighted by molar-refractivity contribution is -0.137. The molecule has 0 aromatic carbocycles. The number of carbonyl (C=O) groups is 2. The summed E-state index contributed by atoms with van der Waals surface area (Å²) in [5, 5.41) is 8.53.